The Hall–Kier alpha value is -4.16. The molecule has 0 aliphatic heterocycles. The van der Waals surface area contributed by atoms with E-state index in [4.69, 9.17) is 9.47 Å². The first-order valence-electron chi connectivity index (χ1n) is 12.9. The normalized spacial score (nSPS) is 10.8. The van der Waals surface area contributed by atoms with Gasteiger partial charge in [-0.05, 0) is 60.7 Å². The van der Waals surface area contributed by atoms with Gasteiger partial charge in [-0.25, -0.2) is 9.78 Å². The number of benzene rings is 2. The zero-order valence-electron chi connectivity index (χ0n) is 22.7. The van der Waals surface area contributed by atoms with Gasteiger partial charge < -0.3 is 20.1 Å². The van der Waals surface area contributed by atoms with E-state index in [0.29, 0.717) is 52.6 Å². The van der Waals surface area contributed by atoms with Crippen molar-refractivity contribution in [2.75, 3.05) is 30.6 Å². The fourth-order valence-corrected chi connectivity index (χ4v) is 5.66. The van der Waals surface area contributed by atoms with Crippen LogP contribution in [0, 0.1) is 0 Å². The van der Waals surface area contributed by atoms with Crippen LogP contribution in [-0.4, -0.2) is 47.3 Å². The fourth-order valence-electron chi connectivity index (χ4n) is 4.06. The third-order valence-electron chi connectivity index (χ3n) is 6.13. The molecule has 0 saturated heterocycles. The molecule has 214 valence electrons. The summed E-state index contributed by atoms with van der Waals surface area (Å²) in [7, 11) is 2.86. The van der Waals surface area contributed by atoms with Gasteiger partial charge in [0.05, 0.1) is 36.7 Å². The molecular weight excluding hydrogens is 564 g/mol. The molecule has 0 aliphatic carbocycles. The maximum absolute atomic E-state index is 13.2. The molecule has 12 heteroatoms. The largest absolute Gasteiger partial charge is 0.497 e. The lowest BCUT2D eigenvalue weighted by Crippen LogP contribution is -2.24. The number of unbranched alkanes of at least 4 members (excludes halogenated alkanes) is 2. The highest BCUT2D eigenvalue weighted by atomic mass is 32.2. The summed E-state index contributed by atoms with van der Waals surface area (Å²) in [4.78, 5) is 54.9. The van der Waals surface area contributed by atoms with Crippen molar-refractivity contribution in [2.45, 2.75) is 37.4 Å². The third-order valence-corrected chi connectivity index (χ3v) is 8.00. The van der Waals surface area contributed by atoms with Crippen molar-refractivity contribution in [3.8, 4) is 5.75 Å². The van der Waals surface area contributed by atoms with Crippen LogP contribution in [0.25, 0.3) is 10.2 Å². The molecule has 41 heavy (non-hydrogen) atoms. The molecule has 2 aromatic heterocycles. The van der Waals surface area contributed by atoms with Crippen molar-refractivity contribution in [2.24, 2.45) is 0 Å². The van der Waals surface area contributed by atoms with Gasteiger partial charge in [0.25, 0.3) is 5.56 Å². The summed E-state index contributed by atoms with van der Waals surface area (Å²) in [6.45, 7) is 0.412. The Morgan fingerprint density at radius 3 is 2.49 bits per heavy atom. The number of rotatable bonds is 13. The fraction of sp³-hybridized carbons (Fsp3) is 0.276. The topological polar surface area (TPSA) is 129 Å². The zero-order chi connectivity index (χ0) is 29.2. The molecule has 0 aliphatic rings. The summed E-state index contributed by atoms with van der Waals surface area (Å²) in [5.41, 5.74) is 1.74. The van der Waals surface area contributed by atoms with E-state index in [1.807, 2.05) is 5.38 Å². The minimum Gasteiger partial charge on any atom is -0.497 e. The first kappa shape index (κ1) is 29.8. The molecule has 2 N–H and O–H groups in total. The van der Waals surface area contributed by atoms with Gasteiger partial charge in [0.2, 0.25) is 11.8 Å². The lowest BCUT2D eigenvalue weighted by atomic mass is 10.2. The van der Waals surface area contributed by atoms with Crippen molar-refractivity contribution in [1.82, 2.24) is 9.55 Å². The Bertz CT molecular complexity index is 1580. The summed E-state index contributed by atoms with van der Waals surface area (Å²) in [6.07, 6.45) is 2.42. The Morgan fingerprint density at radius 2 is 1.73 bits per heavy atom. The van der Waals surface area contributed by atoms with Crippen LogP contribution in [-0.2, 0) is 20.9 Å². The van der Waals surface area contributed by atoms with Gasteiger partial charge in [-0.3, -0.25) is 19.0 Å². The predicted molar refractivity (Wildman–Crippen MR) is 161 cm³/mol. The number of methoxy groups -OCH3 is 2. The van der Waals surface area contributed by atoms with Crippen molar-refractivity contribution in [3.63, 3.8) is 0 Å². The zero-order valence-corrected chi connectivity index (χ0v) is 24.3. The van der Waals surface area contributed by atoms with Gasteiger partial charge in [0.15, 0.2) is 5.16 Å². The van der Waals surface area contributed by atoms with Gasteiger partial charge >= 0.3 is 5.97 Å². The summed E-state index contributed by atoms with van der Waals surface area (Å²) in [5, 5.41) is 7.86. The van der Waals surface area contributed by atoms with Gasteiger partial charge in [-0.1, -0.05) is 30.3 Å². The number of anilines is 2. The van der Waals surface area contributed by atoms with Crippen molar-refractivity contribution in [3.05, 3.63) is 75.9 Å². The number of hydrogen-bond acceptors (Lipinski definition) is 9. The molecule has 4 rings (SSSR count). The van der Waals surface area contributed by atoms with Crippen LogP contribution in [0.3, 0.4) is 0 Å². The Balaban J connectivity index is 1.33. The van der Waals surface area contributed by atoms with E-state index in [0.717, 1.165) is 23.9 Å². The van der Waals surface area contributed by atoms with Crippen molar-refractivity contribution in [1.29, 1.82) is 0 Å². The van der Waals surface area contributed by atoms with Gasteiger partial charge in [0.1, 0.15) is 10.4 Å². The number of amides is 2. The molecule has 10 nitrogen and oxygen atoms in total. The lowest BCUT2D eigenvalue weighted by Gasteiger charge is -2.13. The number of esters is 1. The van der Waals surface area contributed by atoms with Crippen LogP contribution in [0.1, 0.15) is 36.0 Å². The summed E-state index contributed by atoms with van der Waals surface area (Å²) < 4.78 is 12.1. The van der Waals surface area contributed by atoms with Gasteiger partial charge in [-0.2, -0.15) is 0 Å². The Kier molecular flexibility index (Phi) is 10.5. The number of nitrogens with zero attached hydrogens (tertiary/aromatic N) is 2. The monoisotopic (exact) mass is 594 g/mol. The molecule has 4 aromatic rings. The number of carbonyl (C=O) groups excluding carboxylic acids is 3. The van der Waals surface area contributed by atoms with Crippen LogP contribution in [0.5, 0.6) is 5.75 Å². The van der Waals surface area contributed by atoms with Crippen LogP contribution in [0.15, 0.2) is 69.9 Å². The second kappa shape index (κ2) is 14.5. The molecule has 0 radical (unpaired) electrons. The minimum atomic E-state index is -0.551. The first-order valence-corrected chi connectivity index (χ1v) is 14.8. The molecule has 0 bridgehead atoms. The van der Waals surface area contributed by atoms with Crippen LogP contribution in [0.4, 0.5) is 11.4 Å². The summed E-state index contributed by atoms with van der Waals surface area (Å²) >= 11 is 2.49. The number of hydrogen-bond donors (Lipinski definition) is 2. The first-order chi connectivity index (χ1) is 19.9. The highest BCUT2D eigenvalue weighted by Crippen LogP contribution is 2.23. The lowest BCUT2D eigenvalue weighted by molar-refractivity contribution is -0.116. The van der Waals surface area contributed by atoms with Crippen LogP contribution in [0.2, 0.25) is 0 Å². The van der Waals surface area contributed by atoms with E-state index >= 15 is 0 Å². The maximum atomic E-state index is 13.2. The van der Waals surface area contributed by atoms with E-state index in [-0.39, 0.29) is 28.7 Å². The average Bonchev–Trinajstić information content (AvgIpc) is 3.46. The number of nitrogens with one attached hydrogen (secondary N) is 2. The number of carbonyl (C=O) groups is 3. The quantitative estimate of drug-likeness (QED) is 0.0938. The van der Waals surface area contributed by atoms with Gasteiger partial charge in [-0.15, -0.1) is 11.3 Å². The van der Waals surface area contributed by atoms with E-state index in [1.54, 1.807) is 66.3 Å². The van der Waals surface area contributed by atoms with E-state index in [2.05, 4.69) is 15.6 Å². The molecule has 0 spiro atoms. The second-order valence-corrected chi connectivity index (χ2v) is 10.8. The molecular formula is C29H30N4O6S2. The SMILES string of the molecule is COC(=O)c1ccccc1NC(=O)CSc1nc2ccsc2c(=O)n1CCCCCC(=O)Nc1ccc(OC)cc1. The summed E-state index contributed by atoms with van der Waals surface area (Å²) in [5.74, 6) is -0.269. The van der Waals surface area contributed by atoms with Crippen LogP contribution < -0.4 is 20.9 Å². The number of fused-ring (bicyclic) bond motifs is 1. The highest BCUT2D eigenvalue weighted by molar-refractivity contribution is 7.99. The molecule has 2 aromatic carbocycles. The third kappa shape index (κ3) is 7.95. The van der Waals surface area contributed by atoms with E-state index in [9.17, 15) is 19.2 Å². The molecule has 0 atom stereocenters. The number of thiophene rings is 1. The van der Waals surface area contributed by atoms with Crippen molar-refractivity contribution >= 4 is 62.5 Å². The van der Waals surface area contributed by atoms with E-state index < -0.39 is 5.97 Å². The molecule has 0 saturated carbocycles. The second-order valence-electron chi connectivity index (χ2n) is 8.95. The smallest absolute Gasteiger partial charge is 0.339 e. The molecule has 2 amide bonds. The Labute approximate surface area is 245 Å². The number of para-hydroxylation sites is 1. The van der Waals surface area contributed by atoms with E-state index in [1.165, 1.54) is 18.4 Å². The van der Waals surface area contributed by atoms with Gasteiger partial charge in [0, 0.05) is 18.7 Å². The van der Waals surface area contributed by atoms with Crippen LogP contribution >= 0.6 is 23.1 Å². The number of thioether (sulfide) groups is 1. The number of ether oxygens (including phenoxy) is 2. The standard InChI is InChI=1S/C29H30N4O6S2/c1-38-20-13-11-19(12-14-20)30-24(34)10-4-3-7-16-33-27(36)26-23(15-17-40-26)32-29(33)41-18-25(35)31-22-9-6-5-8-21(22)28(37)39-2/h5-6,8-9,11-15,17H,3-4,7,10,16,18H2,1-2H3,(H,30,34)(H,31,35). The minimum absolute atomic E-state index is 0.0108. The molecule has 0 fully saturated rings. The summed E-state index contributed by atoms with van der Waals surface area (Å²) in [6, 6.07) is 15.5. The average molecular weight is 595 g/mol. The number of aromatic nitrogens is 2. The predicted octanol–water partition coefficient (Wildman–Crippen LogP) is 5.18. The maximum Gasteiger partial charge on any atom is 0.339 e. The molecule has 0 unspecified atom stereocenters. The highest BCUT2D eigenvalue weighted by Gasteiger charge is 2.17. The Morgan fingerprint density at radius 1 is 0.951 bits per heavy atom. The van der Waals surface area contributed by atoms with Crippen molar-refractivity contribution < 1.29 is 23.9 Å². The molecule has 2 heterocycles.